The van der Waals surface area contributed by atoms with E-state index in [4.69, 9.17) is 4.74 Å². The Morgan fingerprint density at radius 2 is 2.20 bits per heavy atom. The molecule has 3 rings (SSSR count). The van der Waals surface area contributed by atoms with Crippen molar-refractivity contribution in [1.82, 2.24) is 20.1 Å². The predicted octanol–water partition coefficient (Wildman–Crippen LogP) is 1.91. The molecule has 3 heterocycles. The smallest absolute Gasteiger partial charge is 0.317 e. The van der Waals surface area contributed by atoms with Gasteiger partial charge in [-0.15, -0.1) is 0 Å². The van der Waals surface area contributed by atoms with Crippen molar-refractivity contribution < 1.29 is 9.53 Å². The third-order valence-electron chi connectivity index (χ3n) is 5.18. The molecule has 6 heteroatoms. The third kappa shape index (κ3) is 5.68. The van der Waals surface area contributed by atoms with Crippen molar-refractivity contribution in [3.8, 4) is 0 Å². The first-order valence-electron chi connectivity index (χ1n) is 9.46. The SMILES string of the molecule is CN(CCc1ccccn1)C(=O)NC1CCN(C[C@@H]2CCCO2)CC1. The van der Waals surface area contributed by atoms with Gasteiger partial charge in [0.2, 0.25) is 0 Å². The van der Waals surface area contributed by atoms with E-state index in [1.807, 2.05) is 25.2 Å². The van der Waals surface area contributed by atoms with Gasteiger partial charge in [-0.2, -0.15) is 0 Å². The number of hydrogen-bond donors (Lipinski definition) is 1. The second kappa shape index (κ2) is 9.15. The van der Waals surface area contributed by atoms with E-state index >= 15 is 0 Å². The number of aromatic nitrogens is 1. The Balaban J connectivity index is 1.34. The van der Waals surface area contributed by atoms with Crippen LogP contribution in [0, 0.1) is 0 Å². The van der Waals surface area contributed by atoms with Crippen molar-refractivity contribution in [2.24, 2.45) is 0 Å². The van der Waals surface area contributed by atoms with Crippen molar-refractivity contribution in [1.29, 1.82) is 0 Å². The molecule has 2 saturated heterocycles. The summed E-state index contributed by atoms with van der Waals surface area (Å²) in [5.74, 6) is 0. The van der Waals surface area contributed by atoms with E-state index in [9.17, 15) is 4.79 Å². The highest BCUT2D eigenvalue weighted by molar-refractivity contribution is 5.74. The maximum atomic E-state index is 12.4. The van der Waals surface area contributed by atoms with Gasteiger partial charge in [0.05, 0.1) is 6.10 Å². The van der Waals surface area contributed by atoms with Crippen LogP contribution in [0.4, 0.5) is 4.79 Å². The summed E-state index contributed by atoms with van der Waals surface area (Å²) < 4.78 is 5.72. The molecule has 2 fully saturated rings. The first-order chi connectivity index (χ1) is 12.2. The Bertz CT molecular complexity index is 525. The highest BCUT2D eigenvalue weighted by Gasteiger charge is 2.25. The lowest BCUT2D eigenvalue weighted by Crippen LogP contribution is -2.49. The number of piperidine rings is 1. The van der Waals surface area contributed by atoms with Crippen LogP contribution in [0.3, 0.4) is 0 Å². The highest BCUT2D eigenvalue weighted by Crippen LogP contribution is 2.17. The molecule has 0 radical (unpaired) electrons. The van der Waals surface area contributed by atoms with Crippen LogP contribution in [0.25, 0.3) is 0 Å². The van der Waals surface area contributed by atoms with Gasteiger partial charge in [0.15, 0.2) is 0 Å². The van der Waals surface area contributed by atoms with Gasteiger partial charge in [-0.25, -0.2) is 4.79 Å². The summed E-state index contributed by atoms with van der Waals surface area (Å²) in [5.41, 5.74) is 1.02. The summed E-state index contributed by atoms with van der Waals surface area (Å²) in [7, 11) is 1.85. The van der Waals surface area contributed by atoms with Gasteiger partial charge in [0.1, 0.15) is 0 Å². The Hall–Kier alpha value is -1.66. The number of likely N-dealkylation sites (tertiary alicyclic amines) is 1. The first kappa shape index (κ1) is 18.1. The van der Waals surface area contributed by atoms with Crippen molar-refractivity contribution in [3.63, 3.8) is 0 Å². The average molecular weight is 346 g/mol. The Labute approximate surface area is 150 Å². The Kier molecular flexibility index (Phi) is 6.64. The van der Waals surface area contributed by atoms with Gasteiger partial charge in [0, 0.05) is 64.2 Å². The fourth-order valence-corrected chi connectivity index (χ4v) is 3.55. The molecule has 1 atom stereocenters. The number of likely N-dealkylation sites (N-methyl/N-ethyl adjacent to an activating group) is 1. The number of carbonyl (C=O) groups is 1. The molecule has 1 aromatic heterocycles. The molecule has 2 aliphatic heterocycles. The minimum absolute atomic E-state index is 0.0218. The molecular formula is C19H30N4O2. The fraction of sp³-hybridized carbons (Fsp3) is 0.684. The van der Waals surface area contributed by atoms with Gasteiger partial charge in [-0.3, -0.25) is 4.98 Å². The number of hydrogen-bond acceptors (Lipinski definition) is 4. The van der Waals surface area contributed by atoms with Crippen LogP contribution in [0.2, 0.25) is 0 Å². The van der Waals surface area contributed by atoms with Crippen molar-refractivity contribution >= 4 is 6.03 Å². The fourth-order valence-electron chi connectivity index (χ4n) is 3.55. The topological polar surface area (TPSA) is 57.7 Å². The van der Waals surface area contributed by atoms with Gasteiger partial charge in [-0.05, 0) is 37.8 Å². The van der Waals surface area contributed by atoms with Gasteiger partial charge >= 0.3 is 6.03 Å². The zero-order chi connectivity index (χ0) is 17.5. The average Bonchev–Trinajstić information content (AvgIpc) is 3.15. The maximum Gasteiger partial charge on any atom is 0.317 e. The molecule has 0 aromatic carbocycles. The van der Waals surface area contributed by atoms with E-state index in [0.717, 1.165) is 51.2 Å². The maximum absolute atomic E-state index is 12.4. The van der Waals surface area contributed by atoms with Crippen LogP contribution < -0.4 is 5.32 Å². The number of carbonyl (C=O) groups excluding carboxylic acids is 1. The van der Waals surface area contributed by atoms with E-state index in [0.29, 0.717) is 12.6 Å². The number of pyridine rings is 1. The summed E-state index contributed by atoms with van der Waals surface area (Å²) in [4.78, 5) is 20.9. The second-order valence-corrected chi connectivity index (χ2v) is 7.15. The Morgan fingerprint density at radius 1 is 1.36 bits per heavy atom. The molecule has 6 nitrogen and oxygen atoms in total. The minimum Gasteiger partial charge on any atom is -0.377 e. The van der Waals surface area contributed by atoms with Crippen LogP contribution in [0.15, 0.2) is 24.4 Å². The molecule has 25 heavy (non-hydrogen) atoms. The standard InChI is InChI=1S/C19H30N4O2/c1-22(11-7-16-5-2-3-10-20-16)19(24)21-17-8-12-23(13-9-17)15-18-6-4-14-25-18/h2-3,5,10,17-18H,4,6-9,11-15H2,1H3,(H,21,24)/t18-/m0/s1. The molecule has 2 aliphatic rings. The summed E-state index contributed by atoms with van der Waals surface area (Å²) in [6.45, 7) is 4.73. The molecule has 0 bridgehead atoms. The van der Waals surface area contributed by atoms with E-state index in [1.165, 1.54) is 12.8 Å². The predicted molar refractivity (Wildman–Crippen MR) is 97.5 cm³/mol. The van der Waals surface area contributed by atoms with Crippen molar-refractivity contribution in [2.45, 2.75) is 44.2 Å². The molecule has 1 N–H and O–H groups in total. The third-order valence-corrected chi connectivity index (χ3v) is 5.18. The lowest BCUT2D eigenvalue weighted by atomic mass is 10.0. The first-order valence-corrected chi connectivity index (χ1v) is 9.46. The van der Waals surface area contributed by atoms with Crippen LogP contribution >= 0.6 is 0 Å². The number of rotatable bonds is 6. The van der Waals surface area contributed by atoms with Crippen molar-refractivity contribution in [3.05, 3.63) is 30.1 Å². The molecule has 0 aliphatic carbocycles. The monoisotopic (exact) mass is 346 g/mol. The quantitative estimate of drug-likeness (QED) is 0.855. The molecule has 2 amide bonds. The summed E-state index contributed by atoms with van der Waals surface area (Å²) in [5, 5.41) is 3.18. The van der Waals surface area contributed by atoms with E-state index < -0.39 is 0 Å². The van der Waals surface area contributed by atoms with Crippen LogP contribution in [-0.4, -0.2) is 72.8 Å². The largest absolute Gasteiger partial charge is 0.377 e. The number of amides is 2. The van der Waals surface area contributed by atoms with Crippen LogP contribution in [0.1, 0.15) is 31.4 Å². The number of nitrogens with zero attached hydrogens (tertiary/aromatic N) is 3. The van der Waals surface area contributed by atoms with Gasteiger partial charge < -0.3 is 19.9 Å². The molecule has 1 aromatic rings. The zero-order valence-electron chi connectivity index (χ0n) is 15.2. The molecule has 0 spiro atoms. The molecule has 138 valence electrons. The zero-order valence-corrected chi connectivity index (χ0v) is 15.2. The number of ether oxygens (including phenoxy) is 1. The van der Waals surface area contributed by atoms with Crippen LogP contribution in [0.5, 0.6) is 0 Å². The van der Waals surface area contributed by atoms with E-state index in [1.54, 1.807) is 11.1 Å². The second-order valence-electron chi connectivity index (χ2n) is 7.15. The van der Waals surface area contributed by atoms with E-state index in [-0.39, 0.29) is 12.1 Å². The lowest BCUT2D eigenvalue weighted by Gasteiger charge is -2.34. The highest BCUT2D eigenvalue weighted by atomic mass is 16.5. The molecule has 0 unspecified atom stereocenters. The van der Waals surface area contributed by atoms with Crippen molar-refractivity contribution in [2.75, 3.05) is 39.8 Å². The number of urea groups is 1. The number of nitrogens with one attached hydrogen (secondary N) is 1. The lowest BCUT2D eigenvalue weighted by molar-refractivity contribution is 0.0629. The summed E-state index contributed by atoms with van der Waals surface area (Å²) in [6, 6.07) is 6.19. The Morgan fingerprint density at radius 3 is 2.88 bits per heavy atom. The van der Waals surface area contributed by atoms with E-state index in [2.05, 4.69) is 15.2 Å². The van der Waals surface area contributed by atoms with Crippen LogP contribution in [-0.2, 0) is 11.2 Å². The molecule has 0 saturated carbocycles. The normalized spacial score (nSPS) is 22.0. The minimum atomic E-state index is 0.0218. The van der Waals surface area contributed by atoms with Gasteiger partial charge in [0.25, 0.3) is 0 Å². The van der Waals surface area contributed by atoms with Gasteiger partial charge in [-0.1, -0.05) is 6.07 Å². The molecular weight excluding hydrogens is 316 g/mol. The summed E-state index contributed by atoms with van der Waals surface area (Å²) in [6.07, 6.45) is 7.42. The summed E-state index contributed by atoms with van der Waals surface area (Å²) >= 11 is 0.